The molecule has 1 aromatic heterocycles. The number of hydrogen-bond acceptors (Lipinski definition) is 3. The van der Waals surface area contributed by atoms with E-state index in [0.717, 1.165) is 11.7 Å². The number of aromatic nitrogens is 2. The van der Waals surface area contributed by atoms with Gasteiger partial charge in [-0.15, -0.1) is 0 Å². The molecule has 1 heterocycles. The Bertz CT molecular complexity index is 286. The van der Waals surface area contributed by atoms with Crippen molar-refractivity contribution in [2.45, 2.75) is 45.1 Å². The second-order valence-corrected chi connectivity index (χ2v) is 4.46. The molecule has 15 heavy (non-hydrogen) atoms. The topological polar surface area (TPSA) is 37.8 Å². The van der Waals surface area contributed by atoms with Crippen molar-refractivity contribution in [3.05, 3.63) is 18.6 Å². The molecular weight excluding hydrogens is 186 g/mol. The van der Waals surface area contributed by atoms with Crippen molar-refractivity contribution < 1.29 is 0 Å². The van der Waals surface area contributed by atoms with E-state index in [0.29, 0.717) is 6.04 Å². The molecule has 3 heteroatoms. The fourth-order valence-electron chi connectivity index (χ4n) is 2.27. The SMILES string of the molecule is CC1CCCCCC1Nc1ccncn1. The predicted octanol–water partition coefficient (Wildman–Crippen LogP) is 2.86. The smallest absolute Gasteiger partial charge is 0.129 e. The Morgan fingerprint density at radius 1 is 1.27 bits per heavy atom. The van der Waals surface area contributed by atoms with Gasteiger partial charge in [-0.3, -0.25) is 0 Å². The summed E-state index contributed by atoms with van der Waals surface area (Å²) in [5.41, 5.74) is 0. The van der Waals surface area contributed by atoms with Crippen molar-refractivity contribution in [3.63, 3.8) is 0 Å². The van der Waals surface area contributed by atoms with Crippen LogP contribution in [-0.2, 0) is 0 Å². The third-order valence-corrected chi connectivity index (χ3v) is 3.28. The van der Waals surface area contributed by atoms with E-state index in [1.165, 1.54) is 32.1 Å². The van der Waals surface area contributed by atoms with Crippen LogP contribution in [0.4, 0.5) is 5.82 Å². The highest BCUT2D eigenvalue weighted by Crippen LogP contribution is 2.25. The lowest BCUT2D eigenvalue weighted by Crippen LogP contribution is -2.26. The van der Waals surface area contributed by atoms with E-state index in [4.69, 9.17) is 0 Å². The van der Waals surface area contributed by atoms with Gasteiger partial charge in [-0.25, -0.2) is 9.97 Å². The first kappa shape index (κ1) is 10.4. The summed E-state index contributed by atoms with van der Waals surface area (Å²) < 4.78 is 0. The van der Waals surface area contributed by atoms with Crippen molar-refractivity contribution in [2.24, 2.45) is 5.92 Å². The normalized spacial score (nSPS) is 27.0. The minimum atomic E-state index is 0.586. The predicted molar refractivity (Wildman–Crippen MR) is 61.7 cm³/mol. The molecule has 2 unspecified atom stereocenters. The molecule has 1 fully saturated rings. The van der Waals surface area contributed by atoms with Gasteiger partial charge in [-0.2, -0.15) is 0 Å². The molecule has 0 aromatic carbocycles. The summed E-state index contributed by atoms with van der Waals surface area (Å²) in [5.74, 6) is 1.71. The Morgan fingerprint density at radius 3 is 2.93 bits per heavy atom. The van der Waals surface area contributed by atoms with E-state index < -0.39 is 0 Å². The fourth-order valence-corrected chi connectivity index (χ4v) is 2.27. The maximum atomic E-state index is 4.22. The van der Waals surface area contributed by atoms with Crippen LogP contribution in [0.25, 0.3) is 0 Å². The Kier molecular flexibility index (Phi) is 3.54. The number of nitrogens with one attached hydrogen (secondary N) is 1. The van der Waals surface area contributed by atoms with E-state index in [1.807, 2.05) is 6.07 Å². The van der Waals surface area contributed by atoms with Gasteiger partial charge in [0.05, 0.1) is 0 Å². The first-order valence-corrected chi connectivity index (χ1v) is 5.89. The minimum Gasteiger partial charge on any atom is -0.367 e. The molecule has 1 aliphatic rings. The fraction of sp³-hybridized carbons (Fsp3) is 0.667. The van der Waals surface area contributed by atoms with Crippen molar-refractivity contribution in [3.8, 4) is 0 Å². The van der Waals surface area contributed by atoms with Crippen LogP contribution in [-0.4, -0.2) is 16.0 Å². The van der Waals surface area contributed by atoms with Crippen LogP contribution in [0.15, 0.2) is 18.6 Å². The third kappa shape index (κ3) is 2.91. The van der Waals surface area contributed by atoms with Crippen LogP contribution in [0.5, 0.6) is 0 Å². The lowest BCUT2D eigenvalue weighted by molar-refractivity contribution is 0.455. The Morgan fingerprint density at radius 2 is 2.13 bits per heavy atom. The molecule has 0 amide bonds. The van der Waals surface area contributed by atoms with Crippen LogP contribution in [0, 0.1) is 5.92 Å². The molecule has 0 aliphatic heterocycles. The van der Waals surface area contributed by atoms with Crippen molar-refractivity contribution in [2.75, 3.05) is 5.32 Å². The lowest BCUT2D eigenvalue weighted by Gasteiger charge is -2.23. The summed E-state index contributed by atoms with van der Waals surface area (Å²) in [7, 11) is 0. The molecule has 82 valence electrons. The second-order valence-electron chi connectivity index (χ2n) is 4.46. The Hall–Kier alpha value is -1.12. The molecule has 1 saturated carbocycles. The maximum Gasteiger partial charge on any atom is 0.129 e. The van der Waals surface area contributed by atoms with Crippen LogP contribution < -0.4 is 5.32 Å². The molecule has 0 bridgehead atoms. The third-order valence-electron chi connectivity index (χ3n) is 3.28. The van der Waals surface area contributed by atoms with Crippen molar-refractivity contribution in [1.29, 1.82) is 0 Å². The molecule has 2 rings (SSSR count). The molecule has 0 spiro atoms. The van der Waals surface area contributed by atoms with Crippen LogP contribution in [0.3, 0.4) is 0 Å². The molecule has 3 nitrogen and oxygen atoms in total. The van der Waals surface area contributed by atoms with Gasteiger partial charge in [0, 0.05) is 12.2 Å². The van der Waals surface area contributed by atoms with E-state index in [-0.39, 0.29) is 0 Å². The number of nitrogens with zero attached hydrogens (tertiary/aromatic N) is 2. The van der Waals surface area contributed by atoms with Gasteiger partial charge in [0.2, 0.25) is 0 Å². The summed E-state index contributed by atoms with van der Waals surface area (Å²) in [6.07, 6.45) is 10.1. The number of anilines is 1. The summed E-state index contributed by atoms with van der Waals surface area (Å²) in [5, 5.41) is 3.52. The first-order valence-electron chi connectivity index (χ1n) is 5.89. The van der Waals surface area contributed by atoms with Gasteiger partial charge in [0.25, 0.3) is 0 Å². The van der Waals surface area contributed by atoms with Crippen LogP contribution in [0.1, 0.15) is 39.0 Å². The van der Waals surface area contributed by atoms with Gasteiger partial charge in [0.15, 0.2) is 0 Å². The molecule has 1 N–H and O–H groups in total. The number of rotatable bonds is 2. The summed E-state index contributed by atoms with van der Waals surface area (Å²) >= 11 is 0. The zero-order chi connectivity index (χ0) is 10.5. The summed E-state index contributed by atoms with van der Waals surface area (Å²) in [4.78, 5) is 8.14. The van der Waals surface area contributed by atoms with Gasteiger partial charge < -0.3 is 5.32 Å². The Balaban J connectivity index is 1.97. The quantitative estimate of drug-likeness (QED) is 0.754. The van der Waals surface area contributed by atoms with E-state index >= 15 is 0 Å². The van der Waals surface area contributed by atoms with Gasteiger partial charge in [-0.05, 0) is 24.8 Å². The van der Waals surface area contributed by atoms with Crippen LogP contribution in [0.2, 0.25) is 0 Å². The van der Waals surface area contributed by atoms with Crippen molar-refractivity contribution >= 4 is 5.82 Å². The minimum absolute atomic E-state index is 0.586. The molecular formula is C12H19N3. The lowest BCUT2D eigenvalue weighted by atomic mass is 9.97. The number of hydrogen-bond donors (Lipinski definition) is 1. The van der Waals surface area contributed by atoms with Crippen LogP contribution >= 0.6 is 0 Å². The average Bonchev–Trinajstić information content (AvgIpc) is 2.46. The highest BCUT2D eigenvalue weighted by atomic mass is 15.0. The molecule has 1 aliphatic carbocycles. The molecule has 0 radical (unpaired) electrons. The van der Waals surface area contributed by atoms with E-state index in [9.17, 15) is 0 Å². The van der Waals surface area contributed by atoms with E-state index in [1.54, 1.807) is 12.5 Å². The monoisotopic (exact) mass is 205 g/mol. The van der Waals surface area contributed by atoms with Gasteiger partial charge >= 0.3 is 0 Å². The summed E-state index contributed by atoms with van der Waals surface area (Å²) in [6.45, 7) is 2.34. The Labute approximate surface area is 91.3 Å². The first-order chi connectivity index (χ1) is 7.36. The highest BCUT2D eigenvalue weighted by Gasteiger charge is 2.19. The van der Waals surface area contributed by atoms with Gasteiger partial charge in [0.1, 0.15) is 12.1 Å². The largest absolute Gasteiger partial charge is 0.367 e. The molecule has 1 aromatic rings. The zero-order valence-corrected chi connectivity index (χ0v) is 9.32. The second kappa shape index (κ2) is 5.10. The van der Waals surface area contributed by atoms with Crippen molar-refractivity contribution in [1.82, 2.24) is 9.97 Å². The molecule has 2 atom stereocenters. The maximum absolute atomic E-state index is 4.22. The summed E-state index contributed by atoms with van der Waals surface area (Å²) in [6, 6.07) is 2.53. The molecule has 0 saturated heterocycles. The highest BCUT2D eigenvalue weighted by molar-refractivity contribution is 5.33. The van der Waals surface area contributed by atoms with Gasteiger partial charge in [-0.1, -0.05) is 26.2 Å². The average molecular weight is 205 g/mol. The van der Waals surface area contributed by atoms with E-state index in [2.05, 4.69) is 22.2 Å². The zero-order valence-electron chi connectivity index (χ0n) is 9.32. The standard InChI is InChI=1S/C12H19N3/c1-10-5-3-2-4-6-11(10)15-12-7-8-13-9-14-12/h7-11H,2-6H2,1H3,(H,13,14,15).